The molecule has 30 heavy (non-hydrogen) atoms. The Balaban J connectivity index is 1.61. The Labute approximate surface area is 176 Å². The van der Waals surface area contributed by atoms with E-state index < -0.39 is 0 Å². The second-order valence-corrected chi connectivity index (χ2v) is 8.00. The van der Waals surface area contributed by atoms with Gasteiger partial charge in [-0.15, -0.1) is 0 Å². The van der Waals surface area contributed by atoms with Crippen LogP contribution in [0.5, 0.6) is 0 Å². The summed E-state index contributed by atoms with van der Waals surface area (Å²) in [6.45, 7) is 5.71. The van der Waals surface area contributed by atoms with Crippen LogP contribution in [-0.2, 0) is 11.3 Å². The van der Waals surface area contributed by atoms with Gasteiger partial charge in [0.05, 0.1) is 17.1 Å². The number of hydrogen-bond donors (Lipinski definition) is 1. The van der Waals surface area contributed by atoms with Gasteiger partial charge in [-0.1, -0.05) is 30.3 Å². The van der Waals surface area contributed by atoms with E-state index in [1.165, 1.54) is 6.42 Å². The Kier molecular flexibility index (Phi) is 5.84. The number of nitrogens with one attached hydrogen (secondary N) is 1. The molecule has 1 aliphatic rings. The first kappa shape index (κ1) is 20.1. The Morgan fingerprint density at radius 1 is 1.03 bits per heavy atom. The lowest BCUT2D eigenvalue weighted by atomic mass is 10.1. The van der Waals surface area contributed by atoms with Crippen LogP contribution in [0, 0.1) is 6.92 Å². The molecule has 2 aromatic carbocycles. The quantitative estimate of drug-likeness (QED) is 0.702. The van der Waals surface area contributed by atoms with Crippen molar-refractivity contribution in [3.8, 4) is 0 Å². The highest BCUT2D eigenvalue weighted by molar-refractivity contribution is 5.95. The third kappa shape index (κ3) is 4.08. The number of para-hydroxylation sites is 2. The molecule has 2 amide bonds. The summed E-state index contributed by atoms with van der Waals surface area (Å²) in [7, 11) is 0. The number of carbonyl (C=O) groups excluding carboxylic acids is 2. The number of nitrogens with zero attached hydrogens (tertiary/aromatic N) is 3. The van der Waals surface area contributed by atoms with Crippen LogP contribution in [0.3, 0.4) is 0 Å². The minimum atomic E-state index is -0.335. The first-order valence-corrected chi connectivity index (χ1v) is 10.6. The first-order chi connectivity index (χ1) is 14.5. The van der Waals surface area contributed by atoms with Gasteiger partial charge in [-0.05, 0) is 56.9 Å². The van der Waals surface area contributed by atoms with Crippen molar-refractivity contribution in [2.75, 3.05) is 13.1 Å². The summed E-state index contributed by atoms with van der Waals surface area (Å²) in [5.74, 6) is 0.668. The maximum atomic E-state index is 13.0. The molecule has 2 heterocycles. The molecule has 1 fully saturated rings. The molecule has 0 spiro atoms. The SMILES string of the molecule is Cc1ccccc1C(=O)NC(C)c1nc2ccccc2n1CC(=O)N1CCCCC1. The first-order valence-electron chi connectivity index (χ1n) is 10.6. The average molecular weight is 405 g/mol. The third-order valence-electron chi connectivity index (χ3n) is 5.81. The van der Waals surface area contributed by atoms with Gasteiger partial charge in [0.15, 0.2) is 0 Å². The summed E-state index contributed by atoms with van der Waals surface area (Å²) in [6.07, 6.45) is 3.31. The lowest BCUT2D eigenvalue weighted by molar-refractivity contribution is -0.132. The lowest BCUT2D eigenvalue weighted by Gasteiger charge is -2.27. The van der Waals surface area contributed by atoms with E-state index in [9.17, 15) is 9.59 Å². The van der Waals surface area contributed by atoms with Crippen LogP contribution in [0.15, 0.2) is 48.5 Å². The fourth-order valence-electron chi connectivity index (χ4n) is 4.14. The Bertz CT molecular complexity index is 1070. The Morgan fingerprint density at radius 2 is 1.73 bits per heavy atom. The number of hydrogen-bond acceptors (Lipinski definition) is 3. The van der Waals surface area contributed by atoms with Crippen molar-refractivity contribution in [3.63, 3.8) is 0 Å². The lowest BCUT2D eigenvalue weighted by Crippen LogP contribution is -2.38. The topological polar surface area (TPSA) is 67.2 Å². The summed E-state index contributed by atoms with van der Waals surface area (Å²) in [4.78, 5) is 32.5. The zero-order valence-electron chi connectivity index (χ0n) is 17.6. The number of fused-ring (bicyclic) bond motifs is 1. The average Bonchev–Trinajstić information content (AvgIpc) is 3.13. The molecular formula is C24H28N4O2. The molecule has 0 bridgehead atoms. The second-order valence-electron chi connectivity index (χ2n) is 8.00. The Morgan fingerprint density at radius 3 is 2.50 bits per heavy atom. The largest absolute Gasteiger partial charge is 0.342 e. The molecular weight excluding hydrogens is 376 g/mol. The van der Waals surface area contributed by atoms with Crippen molar-refractivity contribution in [2.24, 2.45) is 0 Å². The monoisotopic (exact) mass is 404 g/mol. The molecule has 1 atom stereocenters. The van der Waals surface area contributed by atoms with Gasteiger partial charge in [0, 0.05) is 18.7 Å². The number of piperidine rings is 1. The van der Waals surface area contributed by atoms with Gasteiger partial charge in [-0.2, -0.15) is 0 Å². The zero-order valence-corrected chi connectivity index (χ0v) is 17.6. The number of aromatic nitrogens is 2. The third-order valence-corrected chi connectivity index (χ3v) is 5.81. The van der Waals surface area contributed by atoms with E-state index in [0.29, 0.717) is 11.4 Å². The number of amides is 2. The molecule has 1 N–H and O–H groups in total. The van der Waals surface area contributed by atoms with Crippen LogP contribution in [0.25, 0.3) is 11.0 Å². The molecule has 0 saturated carbocycles. The highest BCUT2D eigenvalue weighted by atomic mass is 16.2. The molecule has 1 aromatic heterocycles. The van der Waals surface area contributed by atoms with Crippen LogP contribution in [-0.4, -0.2) is 39.4 Å². The van der Waals surface area contributed by atoms with Crippen LogP contribution >= 0.6 is 0 Å². The molecule has 6 nitrogen and oxygen atoms in total. The van der Waals surface area contributed by atoms with E-state index in [1.54, 1.807) is 0 Å². The van der Waals surface area contributed by atoms with E-state index in [1.807, 2.05) is 71.8 Å². The standard InChI is InChI=1S/C24H28N4O2/c1-17-10-4-5-11-19(17)24(30)25-18(2)23-26-20-12-6-7-13-21(20)28(23)16-22(29)27-14-8-3-9-15-27/h4-7,10-13,18H,3,8-9,14-16H2,1-2H3,(H,25,30). The van der Waals surface area contributed by atoms with Gasteiger partial charge < -0.3 is 14.8 Å². The zero-order chi connectivity index (χ0) is 21.1. The molecule has 1 unspecified atom stereocenters. The van der Waals surface area contributed by atoms with Crippen LogP contribution in [0.4, 0.5) is 0 Å². The number of rotatable bonds is 5. The summed E-state index contributed by atoms with van der Waals surface area (Å²) in [5.41, 5.74) is 3.32. The minimum Gasteiger partial charge on any atom is -0.342 e. The summed E-state index contributed by atoms with van der Waals surface area (Å²) in [5, 5.41) is 3.06. The predicted molar refractivity (Wildman–Crippen MR) is 117 cm³/mol. The molecule has 6 heteroatoms. The van der Waals surface area contributed by atoms with E-state index in [2.05, 4.69) is 5.32 Å². The second kappa shape index (κ2) is 8.69. The van der Waals surface area contributed by atoms with Crippen LogP contribution in [0.1, 0.15) is 54.0 Å². The number of aryl methyl sites for hydroxylation is 1. The van der Waals surface area contributed by atoms with Gasteiger partial charge in [-0.25, -0.2) is 4.98 Å². The van der Waals surface area contributed by atoms with E-state index >= 15 is 0 Å². The predicted octanol–water partition coefficient (Wildman–Crippen LogP) is 3.85. The highest BCUT2D eigenvalue weighted by Gasteiger charge is 2.23. The van der Waals surface area contributed by atoms with Crippen molar-refractivity contribution < 1.29 is 9.59 Å². The van der Waals surface area contributed by atoms with Gasteiger partial charge in [0.1, 0.15) is 12.4 Å². The molecule has 1 aliphatic heterocycles. The number of carbonyl (C=O) groups is 2. The smallest absolute Gasteiger partial charge is 0.252 e. The van der Waals surface area contributed by atoms with Crippen LogP contribution < -0.4 is 5.32 Å². The maximum Gasteiger partial charge on any atom is 0.252 e. The molecule has 4 rings (SSSR count). The minimum absolute atomic E-state index is 0.108. The van der Waals surface area contributed by atoms with Gasteiger partial charge in [0.2, 0.25) is 5.91 Å². The number of benzene rings is 2. The van der Waals surface area contributed by atoms with Gasteiger partial charge >= 0.3 is 0 Å². The molecule has 0 radical (unpaired) electrons. The van der Waals surface area contributed by atoms with E-state index in [4.69, 9.17) is 4.98 Å². The van der Waals surface area contributed by atoms with E-state index in [0.717, 1.165) is 42.5 Å². The molecule has 0 aliphatic carbocycles. The van der Waals surface area contributed by atoms with Crippen molar-refractivity contribution >= 4 is 22.8 Å². The van der Waals surface area contributed by atoms with Gasteiger partial charge in [0.25, 0.3) is 5.91 Å². The summed E-state index contributed by atoms with van der Waals surface area (Å²) >= 11 is 0. The fourth-order valence-corrected chi connectivity index (χ4v) is 4.14. The van der Waals surface area contributed by atoms with Crippen molar-refractivity contribution in [1.82, 2.24) is 19.8 Å². The number of likely N-dealkylation sites (tertiary alicyclic amines) is 1. The highest BCUT2D eigenvalue weighted by Crippen LogP contribution is 2.22. The summed E-state index contributed by atoms with van der Waals surface area (Å²) < 4.78 is 1.95. The summed E-state index contributed by atoms with van der Waals surface area (Å²) in [6, 6.07) is 15.0. The number of imidazole rings is 1. The fraction of sp³-hybridized carbons (Fsp3) is 0.375. The van der Waals surface area contributed by atoms with Crippen molar-refractivity contribution in [2.45, 2.75) is 45.7 Å². The van der Waals surface area contributed by atoms with Gasteiger partial charge in [-0.3, -0.25) is 9.59 Å². The van der Waals surface area contributed by atoms with E-state index in [-0.39, 0.29) is 24.4 Å². The molecule has 156 valence electrons. The normalized spacial score (nSPS) is 15.2. The van der Waals surface area contributed by atoms with Crippen LogP contribution in [0.2, 0.25) is 0 Å². The molecule has 1 saturated heterocycles. The molecule has 3 aromatic rings. The Hall–Kier alpha value is -3.15. The van der Waals surface area contributed by atoms with Crippen molar-refractivity contribution in [3.05, 3.63) is 65.5 Å². The maximum absolute atomic E-state index is 13.0. The van der Waals surface area contributed by atoms with Crippen molar-refractivity contribution in [1.29, 1.82) is 0 Å².